The molecule has 0 aliphatic carbocycles. The van der Waals surface area contributed by atoms with Crippen LogP contribution in [-0.2, 0) is 0 Å². The van der Waals surface area contributed by atoms with Crippen molar-refractivity contribution in [3.63, 3.8) is 0 Å². The van der Waals surface area contributed by atoms with Crippen LogP contribution in [0.4, 0.5) is 5.69 Å². The molecule has 1 aliphatic heterocycles. The maximum Gasteiger partial charge on any atom is 0.260 e. The molecule has 28 heavy (non-hydrogen) atoms. The second-order valence-electron chi connectivity index (χ2n) is 7.24. The van der Waals surface area contributed by atoms with E-state index in [1.807, 2.05) is 53.4 Å². The Labute approximate surface area is 165 Å². The SMILES string of the molecule is CN1CCC(N(C(=O)c2cncc(-c3ccncc3)c2)c2ccccc2)CC1. The van der Waals surface area contributed by atoms with E-state index in [0.29, 0.717) is 5.56 Å². The Hall–Kier alpha value is -3.05. The van der Waals surface area contributed by atoms with Crippen molar-refractivity contribution in [2.24, 2.45) is 0 Å². The van der Waals surface area contributed by atoms with Crippen molar-refractivity contribution in [3.05, 3.63) is 78.9 Å². The first-order valence-electron chi connectivity index (χ1n) is 9.65. The summed E-state index contributed by atoms with van der Waals surface area (Å²) in [6.07, 6.45) is 8.88. The predicted molar refractivity (Wildman–Crippen MR) is 111 cm³/mol. The highest BCUT2D eigenvalue weighted by Gasteiger charge is 2.29. The first kappa shape index (κ1) is 18.3. The molecule has 1 aromatic carbocycles. The molecule has 2 aromatic heterocycles. The quantitative estimate of drug-likeness (QED) is 0.697. The molecule has 0 radical (unpaired) electrons. The van der Waals surface area contributed by atoms with Gasteiger partial charge in [-0.25, -0.2) is 0 Å². The highest BCUT2D eigenvalue weighted by molar-refractivity contribution is 6.06. The van der Waals surface area contributed by atoms with Gasteiger partial charge in [-0.15, -0.1) is 0 Å². The fourth-order valence-corrected chi connectivity index (χ4v) is 3.73. The zero-order valence-corrected chi connectivity index (χ0v) is 16.0. The highest BCUT2D eigenvalue weighted by atomic mass is 16.2. The molecule has 0 bridgehead atoms. The lowest BCUT2D eigenvalue weighted by molar-refractivity contribution is 0.0963. The molecular formula is C23H24N4O. The summed E-state index contributed by atoms with van der Waals surface area (Å²) < 4.78 is 0. The molecule has 1 fully saturated rings. The lowest BCUT2D eigenvalue weighted by atomic mass is 10.0. The number of aromatic nitrogens is 2. The first-order chi connectivity index (χ1) is 13.7. The van der Waals surface area contributed by atoms with E-state index in [4.69, 9.17) is 0 Å². The lowest BCUT2D eigenvalue weighted by Crippen LogP contribution is -2.46. The number of likely N-dealkylation sites (tertiary alicyclic amines) is 1. The van der Waals surface area contributed by atoms with Crippen molar-refractivity contribution in [1.82, 2.24) is 14.9 Å². The van der Waals surface area contributed by atoms with Gasteiger partial charge in [0.1, 0.15) is 0 Å². The smallest absolute Gasteiger partial charge is 0.260 e. The molecule has 3 heterocycles. The van der Waals surface area contributed by atoms with Gasteiger partial charge in [0, 0.05) is 42.1 Å². The fraction of sp³-hybridized carbons (Fsp3) is 0.261. The van der Waals surface area contributed by atoms with Crippen LogP contribution >= 0.6 is 0 Å². The average Bonchev–Trinajstić information content (AvgIpc) is 2.77. The first-order valence-corrected chi connectivity index (χ1v) is 9.65. The number of anilines is 1. The number of para-hydroxylation sites is 1. The summed E-state index contributed by atoms with van der Waals surface area (Å²) in [5.74, 6) is 0.00385. The average molecular weight is 372 g/mol. The fourth-order valence-electron chi connectivity index (χ4n) is 3.73. The largest absolute Gasteiger partial charge is 0.306 e. The normalized spacial score (nSPS) is 15.3. The van der Waals surface area contributed by atoms with Crippen LogP contribution in [0, 0.1) is 0 Å². The van der Waals surface area contributed by atoms with Crippen molar-refractivity contribution < 1.29 is 4.79 Å². The Kier molecular flexibility index (Phi) is 5.44. The number of carbonyl (C=O) groups excluding carboxylic acids is 1. The van der Waals surface area contributed by atoms with Gasteiger partial charge in [-0.05, 0) is 68.9 Å². The Bertz CT molecular complexity index is 922. The molecule has 0 atom stereocenters. The number of piperidine rings is 1. The van der Waals surface area contributed by atoms with Crippen LogP contribution in [0.2, 0.25) is 0 Å². The van der Waals surface area contributed by atoms with Crippen molar-refractivity contribution in [3.8, 4) is 11.1 Å². The van der Waals surface area contributed by atoms with Gasteiger partial charge in [0.2, 0.25) is 0 Å². The number of rotatable bonds is 4. The number of hydrogen-bond acceptors (Lipinski definition) is 4. The van der Waals surface area contributed by atoms with Gasteiger partial charge in [0.15, 0.2) is 0 Å². The molecule has 5 nitrogen and oxygen atoms in total. The summed E-state index contributed by atoms with van der Waals surface area (Å²) in [5, 5.41) is 0. The summed E-state index contributed by atoms with van der Waals surface area (Å²) in [4.78, 5) is 26.2. The molecule has 1 aliphatic rings. The zero-order chi connectivity index (χ0) is 19.3. The number of pyridine rings is 2. The zero-order valence-electron chi connectivity index (χ0n) is 16.0. The topological polar surface area (TPSA) is 49.3 Å². The highest BCUT2D eigenvalue weighted by Crippen LogP contribution is 2.26. The lowest BCUT2D eigenvalue weighted by Gasteiger charge is -2.37. The number of carbonyl (C=O) groups is 1. The van der Waals surface area contributed by atoms with Crippen LogP contribution in [0.3, 0.4) is 0 Å². The molecule has 142 valence electrons. The molecule has 0 unspecified atom stereocenters. The van der Waals surface area contributed by atoms with Crippen molar-refractivity contribution in [1.29, 1.82) is 0 Å². The van der Waals surface area contributed by atoms with E-state index in [9.17, 15) is 4.79 Å². The van der Waals surface area contributed by atoms with Crippen LogP contribution in [0.1, 0.15) is 23.2 Å². The summed E-state index contributed by atoms with van der Waals surface area (Å²) in [6, 6.07) is 15.9. The van der Waals surface area contributed by atoms with Crippen LogP contribution in [0.5, 0.6) is 0 Å². The molecule has 0 saturated carbocycles. The van der Waals surface area contributed by atoms with E-state index >= 15 is 0 Å². The van der Waals surface area contributed by atoms with Crippen LogP contribution in [0.15, 0.2) is 73.3 Å². The van der Waals surface area contributed by atoms with E-state index in [1.165, 1.54) is 0 Å². The Morgan fingerprint density at radius 2 is 1.68 bits per heavy atom. The van der Waals surface area contributed by atoms with E-state index in [-0.39, 0.29) is 11.9 Å². The Morgan fingerprint density at radius 1 is 0.964 bits per heavy atom. The van der Waals surface area contributed by atoms with Gasteiger partial charge < -0.3 is 9.80 Å². The van der Waals surface area contributed by atoms with Crippen LogP contribution < -0.4 is 4.90 Å². The van der Waals surface area contributed by atoms with E-state index in [0.717, 1.165) is 42.7 Å². The van der Waals surface area contributed by atoms with Gasteiger partial charge in [-0.1, -0.05) is 18.2 Å². The minimum Gasteiger partial charge on any atom is -0.306 e. The molecular weight excluding hydrogens is 348 g/mol. The van der Waals surface area contributed by atoms with E-state index in [1.54, 1.807) is 24.8 Å². The van der Waals surface area contributed by atoms with E-state index in [2.05, 4.69) is 21.9 Å². The van der Waals surface area contributed by atoms with Crippen molar-refractivity contribution in [2.75, 3.05) is 25.0 Å². The Morgan fingerprint density at radius 3 is 2.39 bits per heavy atom. The maximum absolute atomic E-state index is 13.6. The summed E-state index contributed by atoms with van der Waals surface area (Å²) in [5.41, 5.74) is 3.47. The second kappa shape index (κ2) is 8.31. The maximum atomic E-state index is 13.6. The molecule has 1 saturated heterocycles. The standard InChI is InChI=1S/C23H24N4O/c1-26-13-9-22(10-14-26)27(21-5-3-2-4-6-21)23(28)20-15-19(16-25-17-20)18-7-11-24-12-8-18/h2-8,11-12,15-17,22H,9-10,13-14H2,1H3. The summed E-state index contributed by atoms with van der Waals surface area (Å²) in [6.45, 7) is 1.99. The predicted octanol–water partition coefficient (Wildman–Crippen LogP) is 3.88. The van der Waals surface area contributed by atoms with Gasteiger partial charge in [-0.2, -0.15) is 0 Å². The van der Waals surface area contributed by atoms with E-state index < -0.39 is 0 Å². The molecule has 4 rings (SSSR count). The molecule has 1 amide bonds. The number of hydrogen-bond donors (Lipinski definition) is 0. The number of benzene rings is 1. The van der Waals surface area contributed by atoms with Gasteiger partial charge in [0.25, 0.3) is 5.91 Å². The minimum absolute atomic E-state index is 0.00385. The monoisotopic (exact) mass is 372 g/mol. The van der Waals surface area contributed by atoms with Crippen LogP contribution in [-0.4, -0.2) is 47.0 Å². The van der Waals surface area contributed by atoms with Crippen LogP contribution in [0.25, 0.3) is 11.1 Å². The minimum atomic E-state index is 0.00385. The van der Waals surface area contributed by atoms with Gasteiger partial charge in [0.05, 0.1) is 5.56 Å². The molecule has 0 spiro atoms. The Balaban J connectivity index is 1.68. The third-order valence-corrected chi connectivity index (χ3v) is 5.31. The van der Waals surface area contributed by atoms with Gasteiger partial charge >= 0.3 is 0 Å². The van der Waals surface area contributed by atoms with Gasteiger partial charge in [-0.3, -0.25) is 14.8 Å². The summed E-state index contributed by atoms with van der Waals surface area (Å²) >= 11 is 0. The molecule has 3 aromatic rings. The van der Waals surface area contributed by atoms with Crippen molar-refractivity contribution >= 4 is 11.6 Å². The molecule has 5 heteroatoms. The third kappa shape index (κ3) is 3.94. The number of amides is 1. The van der Waals surface area contributed by atoms with Crippen molar-refractivity contribution in [2.45, 2.75) is 18.9 Å². The second-order valence-corrected chi connectivity index (χ2v) is 7.24. The number of nitrogens with zero attached hydrogens (tertiary/aromatic N) is 4. The molecule has 0 N–H and O–H groups in total. The summed E-state index contributed by atoms with van der Waals surface area (Å²) in [7, 11) is 2.13. The third-order valence-electron chi connectivity index (χ3n) is 5.31.